The van der Waals surface area contributed by atoms with E-state index in [2.05, 4.69) is 15.7 Å². The van der Waals surface area contributed by atoms with Crippen molar-refractivity contribution in [1.82, 2.24) is 9.78 Å². The van der Waals surface area contributed by atoms with E-state index in [1.807, 2.05) is 48.5 Å². The van der Waals surface area contributed by atoms with E-state index in [0.717, 1.165) is 22.9 Å². The van der Waals surface area contributed by atoms with E-state index >= 15 is 0 Å². The monoisotopic (exact) mass is 482 g/mol. The maximum atomic E-state index is 13.3. The normalized spacial score (nSPS) is 10.5. The Balaban J connectivity index is 1.69. The van der Waals surface area contributed by atoms with Crippen LogP contribution in [0.25, 0.3) is 0 Å². The molecule has 33 heavy (non-hydrogen) atoms. The summed E-state index contributed by atoms with van der Waals surface area (Å²) in [6.07, 6.45) is 0. The van der Waals surface area contributed by atoms with Gasteiger partial charge in [0.2, 0.25) is 0 Å². The van der Waals surface area contributed by atoms with Gasteiger partial charge in [0, 0.05) is 22.5 Å². The average Bonchev–Trinajstić information content (AvgIpc) is 3.21. The number of benzene rings is 3. The highest BCUT2D eigenvalue weighted by atomic mass is 35.5. The topological polar surface area (TPSA) is 77.4 Å². The van der Waals surface area contributed by atoms with Crippen LogP contribution >= 0.6 is 23.2 Å². The van der Waals surface area contributed by atoms with Gasteiger partial charge in [-0.3, -0.25) is 4.79 Å². The highest BCUT2D eigenvalue weighted by Gasteiger charge is 2.19. The van der Waals surface area contributed by atoms with Gasteiger partial charge in [-0.25, -0.2) is 0 Å². The second kappa shape index (κ2) is 9.85. The van der Waals surface area contributed by atoms with E-state index in [-0.39, 0.29) is 10.6 Å². The zero-order valence-corrected chi connectivity index (χ0v) is 19.3. The summed E-state index contributed by atoms with van der Waals surface area (Å²) in [5, 5.41) is 11.6. The first-order valence-electron chi connectivity index (χ1n) is 9.89. The van der Waals surface area contributed by atoms with Crippen LogP contribution in [0.2, 0.25) is 10.0 Å². The van der Waals surface area contributed by atoms with Crippen molar-refractivity contribution in [3.63, 3.8) is 0 Å². The maximum absolute atomic E-state index is 13.3. The lowest BCUT2D eigenvalue weighted by Crippen LogP contribution is -2.16. The van der Waals surface area contributed by atoms with Gasteiger partial charge in [0.15, 0.2) is 5.82 Å². The van der Waals surface area contributed by atoms with Gasteiger partial charge in [0.1, 0.15) is 17.3 Å². The molecule has 0 saturated carbocycles. The number of halogens is 2. The molecule has 4 rings (SSSR count). The van der Waals surface area contributed by atoms with Crippen LogP contribution < -0.4 is 20.1 Å². The predicted molar refractivity (Wildman–Crippen MR) is 131 cm³/mol. The number of anilines is 4. The van der Waals surface area contributed by atoms with Crippen molar-refractivity contribution in [3.8, 4) is 11.5 Å². The van der Waals surface area contributed by atoms with Gasteiger partial charge in [0.05, 0.1) is 24.8 Å². The Morgan fingerprint density at radius 3 is 1.94 bits per heavy atom. The first-order chi connectivity index (χ1) is 16.0. The van der Waals surface area contributed by atoms with Crippen molar-refractivity contribution in [2.45, 2.75) is 0 Å². The van der Waals surface area contributed by atoms with Crippen LogP contribution in [-0.2, 0) is 0 Å². The molecule has 0 aliphatic carbocycles. The number of carbonyl (C=O) groups excluding carboxylic acids is 1. The minimum Gasteiger partial charge on any atom is -0.497 e. The van der Waals surface area contributed by atoms with Crippen molar-refractivity contribution in [3.05, 3.63) is 88.4 Å². The minimum absolute atomic E-state index is 0.239. The van der Waals surface area contributed by atoms with Crippen LogP contribution in [0.1, 0.15) is 10.4 Å². The van der Waals surface area contributed by atoms with Crippen molar-refractivity contribution in [2.24, 2.45) is 0 Å². The minimum atomic E-state index is -0.407. The van der Waals surface area contributed by atoms with Crippen molar-refractivity contribution in [1.29, 1.82) is 0 Å². The van der Waals surface area contributed by atoms with Crippen LogP contribution in [0.4, 0.5) is 23.0 Å². The van der Waals surface area contributed by atoms with Gasteiger partial charge < -0.3 is 20.1 Å². The molecule has 0 unspecified atom stereocenters. The van der Waals surface area contributed by atoms with Crippen LogP contribution in [0, 0.1) is 0 Å². The molecule has 0 aliphatic rings. The van der Waals surface area contributed by atoms with E-state index in [9.17, 15) is 4.79 Å². The third kappa shape index (κ3) is 5.22. The lowest BCUT2D eigenvalue weighted by atomic mass is 10.2. The molecule has 0 radical (unpaired) electrons. The van der Waals surface area contributed by atoms with Crippen LogP contribution in [0.5, 0.6) is 11.5 Å². The molecular weight excluding hydrogens is 463 g/mol. The first-order valence-corrected chi connectivity index (χ1v) is 10.6. The summed E-state index contributed by atoms with van der Waals surface area (Å²) in [7, 11) is 3.21. The molecule has 0 fully saturated rings. The van der Waals surface area contributed by atoms with Crippen molar-refractivity contribution < 1.29 is 14.3 Å². The Morgan fingerprint density at radius 2 is 1.39 bits per heavy atom. The second-order valence-corrected chi connectivity index (χ2v) is 7.81. The Kier molecular flexibility index (Phi) is 6.72. The van der Waals surface area contributed by atoms with Gasteiger partial charge in [-0.15, -0.1) is 5.10 Å². The Morgan fingerprint density at radius 1 is 0.818 bits per heavy atom. The van der Waals surface area contributed by atoms with Crippen LogP contribution in [0.15, 0.2) is 72.8 Å². The fraction of sp³-hybridized carbons (Fsp3) is 0.0833. The van der Waals surface area contributed by atoms with Gasteiger partial charge in [-0.2, -0.15) is 4.68 Å². The van der Waals surface area contributed by atoms with Gasteiger partial charge in [-0.05, 0) is 66.7 Å². The van der Waals surface area contributed by atoms with Crippen molar-refractivity contribution in [2.75, 3.05) is 24.9 Å². The Bertz CT molecular complexity index is 1270. The smallest absolute Gasteiger partial charge is 0.281 e. The third-order valence-electron chi connectivity index (χ3n) is 4.79. The molecule has 1 heterocycles. The summed E-state index contributed by atoms with van der Waals surface area (Å²) in [5.41, 5.74) is 1.81. The lowest BCUT2D eigenvalue weighted by molar-refractivity contribution is 0.0948. The largest absolute Gasteiger partial charge is 0.497 e. The fourth-order valence-electron chi connectivity index (χ4n) is 3.11. The van der Waals surface area contributed by atoms with Crippen LogP contribution in [-0.4, -0.2) is 29.9 Å². The van der Waals surface area contributed by atoms with E-state index in [4.69, 9.17) is 32.7 Å². The molecule has 1 aromatic heterocycles. The molecule has 168 valence electrons. The number of nitrogens with zero attached hydrogens (tertiary/aromatic N) is 2. The second-order valence-electron chi connectivity index (χ2n) is 6.96. The standard InChI is InChI=1S/C24H20Cl2N4O3/c1-32-18-8-4-16(5-9-18)27-22-14-23(28-17-6-10-19(33-2)11-7-17)30(29-22)24(31)20-12-3-15(25)13-21(20)26/h3-14,28H,1-2H3,(H,27,29). The summed E-state index contributed by atoms with van der Waals surface area (Å²) >= 11 is 12.3. The van der Waals surface area contributed by atoms with E-state index in [1.165, 1.54) is 10.7 Å². The summed E-state index contributed by atoms with van der Waals surface area (Å²) in [6, 6.07) is 21.1. The zero-order valence-electron chi connectivity index (χ0n) is 17.8. The Labute approximate surface area is 200 Å². The first kappa shape index (κ1) is 22.5. The molecule has 0 bridgehead atoms. The summed E-state index contributed by atoms with van der Waals surface area (Å²) < 4.78 is 11.7. The number of nitrogens with one attached hydrogen (secondary N) is 2. The lowest BCUT2D eigenvalue weighted by Gasteiger charge is -2.10. The van der Waals surface area contributed by atoms with Gasteiger partial charge in [0.25, 0.3) is 5.91 Å². The number of carbonyl (C=O) groups is 1. The molecule has 3 aromatic carbocycles. The average molecular weight is 483 g/mol. The summed E-state index contributed by atoms with van der Waals surface area (Å²) in [4.78, 5) is 13.3. The predicted octanol–water partition coefficient (Wildman–Crippen LogP) is 6.38. The number of ether oxygens (including phenoxy) is 2. The maximum Gasteiger partial charge on any atom is 0.281 e. The number of rotatable bonds is 7. The molecule has 0 saturated heterocycles. The SMILES string of the molecule is COc1ccc(Nc2cc(Nc3ccc(OC)cc3)n(C(=O)c3ccc(Cl)cc3Cl)n2)cc1. The summed E-state index contributed by atoms with van der Waals surface area (Å²) in [5.74, 6) is 1.97. The van der Waals surface area contributed by atoms with Crippen LogP contribution in [0.3, 0.4) is 0 Å². The fourth-order valence-corrected chi connectivity index (χ4v) is 3.60. The third-order valence-corrected chi connectivity index (χ3v) is 5.34. The number of aromatic nitrogens is 2. The van der Waals surface area contributed by atoms with E-state index in [0.29, 0.717) is 16.7 Å². The molecule has 0 atom stereocenters. The van der Waals surface area contributed by atoms with Gasteiger partial charge in [-0.1, -0.05) is 23.2 Å². The quantitative estimate of drug-likeness (QED) is 0.318. The van der Waals surface area contributed by atoms with E-state index in [1.54, 1.807) is 32.4 Å². The molecule has 0 aliphatic heterocycles. The molecule has 4 aromatic rings. The number of hydrogen-bond donors (Lipinski definition) is 2. The van der Waals surface area contributed by atoms with Crippen molar-refractivity contribution >= 4 is 52.1 Å². The summed E-state index contributed by atoms with van der Waals surface area (Å²) in [6.45, 7) is 0. The molecule has 0 amide bonds. The highest BCUT2D eigenvalue weighted by molar-refractivity contribution is 6.36. The Hall–Kier alpha value is -3.68. The highest BCUT2D eigenvalue weighted by Crippen LogP contribution is 2.28. The molecular formula is C24H20Cl2N4O3. The molecule has 9 heteroatoms. The van der Waals surface area contributed by atoms with Gasteiger partial charge >= 0.3 is 0 Å². The molecule has 7 nitrogen and oxygen atoms in total. The number of methoxy groups -OCH3 is 2. The molecule has 0 spiro atoms. The molecule has 2 N–H and O–H groups in total. The number of hydrogen-bond acceptors (Lipinski definition) is 6. The van der Waals surface area contributed by atoms with E-state index < -0.39 is 5.91 Å². The zero-order chi connectivity index (χ0) is 23.4.